The molecule has 1 N–H and O–H groups in total. The van der Waals surface area contributed by atoms with Gasteiger partial charge < -0.3 is 5.11 Å². The Morgan fingerprint density at radius 2 is 2.26 bits per heavy atom. The van der Waals surface area contributed by atoms with Gasteiger partial charge in [0.15, 0.2) is 0 Å². The van der Waals surface area contributed by atoms with Gasteiger partial charge in [0.25, 0.3) is 5.91 Å². The van der Waals surface area contributed by atoms with Gasteiger partial charge >= 0.3 is 5.97 Å². The number of aliphatic carboxylic acids is 1. The maximum atomic E-state index is 12.1. The predicted octanol–water partition coefficient (Wildman–Crippen LogP) is 2.73. The fraction of sp³-hybridized carbons (Fsp3) is 0.250. The Hall–Kier alpha value is -1.18. The van der Waals surface area contributed by atoms with Crippen LogP contribution in [-0.2, 0) is 9.59 Å². The van der Waals surface area contributed by atoms with Gasteiger partial charge in [0.2, 0.25) is 0 Å². The lowest BCUT2D eigenvalue weighted by Crippen LogP contribution is -2.30. The van der Waals surface area contributed by atoms with Crippen LogP contribution in [0, 0.1) is 6.92 Å². The van der Waals surface area contributed by atoms with Crippen molar-refractivity contribution in [1.82, 2.24) is 4.90 Å². The molecule has 19 heavy (non-hydrogen) atoms. The first-order chi connectivity index (χ1) is 8.97. The Kier molecular flexibility index (Phi) is 4.38. The molecule has 1 aromatic rings. The molecule has 1 aliphatic rings. The lowest BCUT2D eigenvalue weighted by atomic mass is 10.3. The van der Waals surface area contributed by atoms with Crippen molar-refractivity contribution in [3.05, 3.63) is 26.8 Å². The number of hydrogen-bond acceptors (Lipinski definition) is 5. The van der Waals surface area contributed by atoms with E-state index in [2.05, 4.69) is 0 Å². The molecule has 0 aliphatic carbocycles. The van der Waals surface area contributed by atoms with E-state index in [0.717, 1.165) is 4.88 Å². The molecule has 100 valence electrons. The highest BCUT2D eigenvalue weighted by Crippen LogP contribution is 2.33. The number of carboxylic acid groups (broad SMARTS) is 1. The predicted molar refractivity (Wildman–Crippen MR) is 81.2 cm³/mol. The van der Waals surface area contributed by atoms with Crippen LogP contribution in [0.15, 0.2) is 17.0 Å². The Labute approximate surface area is 124 Å². The number of carbonyl (C=O) groups is 2. The number of thiocarbonyl (C=S) groups is 1. The average molecular weight is 313 g/mol. The number of thiophene rings is 1. The van der Waals surface area contributed by atoms with Crippen molar-refractivity contribution in [1.29, 1.82) is 0 Å². The molecular formula is C12H11NO3S3. The van der Waals surface area contributed by atoms with Crippen LogP contribution in [-0.4, -0.2) is 32.7 Å². The highest BCUT2D eigenvalue weighted by Gasteiger charge is 2.32. The van der Waals surface area contributed by atoms with E-state index in [1.807, 2.05) is 19.1 Å². The summed E-state index contributed by atoms with van der Waals surface area (Å²) in [6.07, 6.45) is 1.70. The normalized spacial score (nSPS) is 17.5. The van der Waals surface area contributed by atoms with Gasteiger partial charge in [0, 0.05) is 16.3 Å². The lowest BCUT2D eigenvalue weighted by molar-refractivity contribution is -0.137. The Morgan fingerprint density at radius 3 is 2.84 bits per heavy atom. The molecule has 0 saturated carbocycles. The third-order valence-electron chi connectivity index (χ3n) is 2.46. The second kappa shape index (κ2) is 5.85. The van der Waals surface area contributed by atoms with Crippen LogP contribution >= 0.6 is 35.3 Å². The first kappa shape index (κ1) is 14.2. The fourth-order valence-electron chi connectivity index (χ4n) is 1.56. The maximum Gasteiger partial charge on any atom is 0.305 e. The molecule has 1 fully saturated rings. The summed E-state index contributed by atoms with van der Waals surface area (Å²) >= 11 is 7.93. The molecule has 1 aromatic heterocycles. The summed E-state index contributed by atoms with van der Waals surface area (Å²) in [5.41, 5.74) is 0. The zero-order valence-corrected chi connectivity index (χ0v) is 12.5. The Morgan fingerprint density at radius 1 is 1.53 bits per heavy atom. The number of thioether (sulfide) groups is 1. The van der Waals surface area contributed by atoms with Crippen LogP contribution in [0.1, 0.15) is 16.2 Å². The summed E-state index contributed by atoms with van der Waals surface area (Å²) in [5, 5.41) is 8.65. The molecule has 0 spiro atoms. The molecule has 2 rings (SSSR count). The van der Waals surface area contributed by atoms with E-state index < -0.39 is 5.97 Å². The van der Waals surface area contributed by atoms with Gasteiger partial charge in [-0.15, -0.1) is 11.3 Å². The quantitative estimate of drug-likeness (QED) is 0.684. The van der Waals surface area contributed by atoms with Gasteiger partial charge in [0.1, 0.15) is 4.32 Å². The molecule has 0 atom stereocenters. The second-order valence-electron chi connectivity index (χ2n) is 3.93. The lowest BCUT2D eigenvalue weighted by Gasteiger charge is -2.12. The van der Waals surface area contributed by atoms with Crippen LogP contribution in [0.3, 0.4) is 0 Å². The molecule has 0 unspecified atom stereocenters. The first-order valence-corrected chi connectivity index (χ1v) is 7.55. The number of carbonyl (C=O) groups excluding carboxylic acids is 1. The molecule has 7 heteroatoms. The summed E-state index contributed by atoms with van der Waals surface area (Å²) in [5.74, 6) is -1.14. The molecule has 1 amide bonds. The number of carboxylic acids is 1. The van der Waals surface area contributed by atoms with Crippen LogP contribution in [0.5, 0.6) is 0 Å². The van der Waals surface area contributed by atoms with Crippen molar-refractivity contribution in [3.8, 4) is 0 Å². The van der Waals surface area contributed by atoms with Crippen molar-refractivity contribution in [2.24, 2.45) is 0 Å². The Balaban J connectivity index is 2.13. The van der Waals surface area contributed by atoms with Gasteiger partial charge in [-0.1, -0.05) is 24.0 Å². The van der Waals surface area contributed by atoms with Gasteiger partial charge in [-0.2, -0.15) is 0 Å². The Bertz CT molecular complexity index is 577. The van der Waals surface area contributed by atoms with Gasteiger partial charge in [-0.25, -0.2) is 0 Å². The first-order valence-electron chi connectivity index (χ1n) is 5.51. The number of nitrogens with zero attached hydrogens (tertiary/aromatic N) is 1. The van der Waals surface area contributed by atoms with E-state index in [-0.39, 0.29) is 18.9 Å². The van der Waals surface area contributed by atoms with Gasteiger partial charge in [-0.3, -0.25) is 14.5 Å². The van der Waals surface area contributed by atoms with E-state index in [1.165, 1.54) is 21.5 Å². The number of aryl methyl sites for hydroxylation is 1. The number of rotatable bonds is 4. The molecule has 0 radical (unpaired) electrons. The fourth-order valence-corrected chi connectivity index (χ4v) is 3.76. The van der Waals surface area contributed by atoms with Crippen molar-refractivity contribution in [3.63, 3.8) is 0 Å². The molecule has 2 heterocycles. The van der Waals surface area contributed by atoms with E-state index in [4.69, 9.17) is 17.3 Å². The molecular weight excluding hydrogens is 302 g/mol. The maximum absolute atomic E-state index is 12.1. The largest absolute Gasteiger partial charge is 0.481 e. The summed E-state index contributed by atoms with van der Waals surface area (Å²) in [4.78, 5) is 26.7. The van der Waals surface area contributed by atoms with Crippen molar-refractivity contribution in [2.75, 3.05) is 6.54 Å². The summed E-state index contributed by atoms with van der Waals surface area (Å²) < 4.78 is 0.422. The van der Waals surface area contributed by atoms with Crippen molar-refractivity contribution in [2.45, 2.75) is 13.3 Å². The number of amides is 1. The van der Waals surface area contributed by atoms with E-state index in [0.29, 0.717) is 9.23 Å². The van der Waals surface area contributed by atoms with E-state index in [9.17, 15) is 9.59 Å². The van der Waals surface area contributed by atoms with Crippen molar-refractivity contribution < 1.29 is 14.7 Å². The summed E-state index contributed by atoms with van der Waals surface area (Å²) in [7, 11) is 0. The second-order valence-corrected chi connectivity index (χ2v) is 6.92. The summed E-state index contributed by atoms with van der Waals surface area (Å²) in [6, 6.07) is 3.94. The van der Waals surface area contributed by atoms with Crippen LogP contribution in [0.4, 0.5) is 0 Å². The van der Waals surface area contributed by atoms with Crippen LogP contribution < -0.4 is 0 Å². The smallest absolute Gasteiger partial charge is 0.305 e. The monoisotopic (exact) mass is 313 g/mol. The van der Waals surface area contributed by atoms with Crippen LogP contribution in [0.2, 0.25) is 0 Å². The highest BCUT2D eigenvalue weighted by atomic mass is 32.2. The third kappa shape index (κ3) is 3.43. The van der Waals surface area contributed by atoms with E-state index in [1.54, 1.807) is 17.4 Å². The van der Waals surface area contributed by atoms with Gasteiger partial charge in [0.05, 0.1) is 11.3 Å². The zero-order chi connectivity index (χ0) is 14.0. The molecule has 0 aromatic carbocycles. The minimum absolute atomic E-state index is 0.0994. The standard InChI is InChI=1S/C12H11NO3S3/c1-7-2-3-8(18-7)6-9-11(16)13(12(17)19-9)5-4-10(14)15/h2-3,6H,4-5H2,1H3,(H,14,15)/b9-6+. The average Bonchev–Trinajstić information content (AvgIpc) is 2.83. The minimum atomic E-state index is -0.938. The zero-order valence-electron chi connectivity index (χ0n) is 10.1. The SMILES string of the molecule is Cc1ccc(/C=C2/SC(=S)N(CCC(=O)O)C2=O)s1. The molecule has 4 nitrogen and oxygen atoms in total. The van der Waals surface area contributed by atoms with E-state index >= 15 is 0 Å². The minimum Gasteiger partial charge on any atom is -0.481 e. The molecule has 1 aliphatic heterocycles. The third-order valence-corrected chi connectivity index (χ3v) is 4.78. The number of hydrogen-bond donors (Lipinski definition) is 1. The summed E-state index contributed by atoms with van der Waals surface area (Å²) in [6.45, 7) is 2.13. The highest BCUT2D eigenvalue weighted by molar-refractivity contribution is 8.26. The topological polar surface area (TPSA) is 57.6 Å². The van der Waals surface area contributed by atoms with Gasteiger partial charge in [-0.05, 0) is 25.1 Å². The molecule has 1 saturated heterocycles. The van der Waals surface area contributed by atoms with Crippen LogP contribution in [0.25, 0.3) is 6.08 Å². The molecule has 0 bridgehead atoms. The van der Waals surface area contributed by atoms with Crippen molar-refractivity contribution >= 4 is 57.6 Å².